The number of aromatic nitrogens is 2. The summed E-state index contributed by atoms with van der Waals surface area (Å²) in [6.45, 7) is 7.37. The van der Waals surface area contributed by atoms with Crippen molar-refractivity contribution < 1.29 is 4.79 Å². The summed E-state index contributed by atoms with van der Waals surface area (Å²) in [5, 5.41) is 0. The molecule has 4 heteroatoms. The summed E-state index contributed by atoms with van der Waals surface area (Å²) < 4.78 is 0. The molecule has 1 saturated carbocycles. The molecule has 0 radical (unpaired) electrons. The van der Waals surface area contributed by atoms with Crippen LogP contribution in [0.4, 0.5) is 0 Å². The van der Waals surface area contributed by atoms with Gasteiger partial charge >= 0.3 is 0 Å². The number of Topliss-reactive ketones (excluding diaryl/α,β-unsaturated/α-hetero) is 1. The van der Waals surface area contributed by atoms with Crippen LogP contribution < -0.4 is 0 Å². The molecule has 3 rings (SSSR count). The van der Waals surface area contributed by atoms with Crippen molar-refractivity contribution in [3.8, 4) is 0 Å². The van der Waals surface area contributed by atoms with Crippen molar-refractivity contribution in [2.24, 2.45) is 4.99 Å². The fourth-order valence-corrected chi connectivity index (χ4v) is 3.37. The first-order valence-electron chi connectivity index (χ1n) is 9.03. The maximum absolute atomic E-state index is 12.2. The van der Waals surface area contributed by atoms with Crippen LogP contribution in [-0.2, 0) is 16.6 Å². The van der Waals surface area contributed by atoms with Crippen LogP contribution in [0.25, 0.3) is 0 Å². The van der Waals surface area contributed by atoms with Gasteiger partial charge in [0.15, 0.2) is 0 Å². The molecule has 1 fully saturated rings. The van der Waals surface area contributed by atoms with Gasteiger partial charge in [-0.3, -0.25) is 9.79 Å². The number of benzene rings is 1. The van der Waals surface area contributed by atoms with Gasteiger partial charge in [-0.15, -0.1) is 0 Å². The zero-order chi connectivity index (χ0) is 17.9. The summed E-state index contributed by atoms with van der Waals surface area (Å²) in [5.74, 6) is 0.567. The summed E-state index contributed by atoms with van der Waals surface area (Å²) in [6, 6.07) is 8.77. The molecule has 132 valence electrons. The Balaban J connectivity index is 1.66. The van der Waals surface area contributed by atoms with Crippen molar-refractivity contribution in [1.82, 2.24) is 9.97 Å². The van der Waals surface area contributed by atoms with Crippen molar-refractivity contribution in [2.45, 2.75) is 57.8 Å². The number of nitrogens with one attached hydrogen (secondary N) is 1. The lowest BCUT2D eigenvalue weighted by Gasteiger charge is -2.24. The van der Waals surface area contributed by atoms with Gasteiger partial charge < -0.3 is 4.98 Å². The molecule has 1 heterocycles. The van der Waals surface area contributed by atoms with E-state index in [1.807, 2.05) is 6.20 Å². The quantitative estimate of drug-likeness (QED) is 0.908. The summed E-state index contributed by atoms with van der Waals surface area (Å²) in [6.07, 6.45) is 6.38. The average Bonchev–Trinajstić information content (AvgIpc) is 3.07. The minimum Gasteiger partial charge on any atom is -0.348 e. The smallest absolute Gasteiger partial charge is 0.139 e. The Hall–Kier alpha value is -2.23. The molecule has 1 aromatic carbocycles. The fourth-order valence-electron chi connectivity index (χ4n) is 3.37. The average molecular weight is 337 g/mol. The SMILES string of the molecule is CC(C)(C)c1ccc([C@@H]2CC(=O)CC(=NCCc3cnc[nH]3)C2)cc1. The van der Waals surface area contributed by atoms with Gasteiger partial charge in [0.2, 0.25) is 0 Å². The lowest BCUT2D eigenvalue weighted by Crippen LogP contribution is -2.22. The van der Waals surface area contributed by atoms with Crippen LogP contribution >= 0.6 is 0 Å². The van der Waals surface area contributed by atoms with Gasteiger partial charge in [0.1, 0.15) is 5.78 Å². The number of aromatic amines is 1. The van der Waals surface area contributed by atoms with Crippen molar-refractivity contribution in [2.75, 3.05) is 6.54 Å². The van der Waals surface area contributed by atoms with Crippen LogP contribution in [-0.4, -0.2) is 28.0 Å². The minimum atomic E-state index is 0.153. The molecule has 1 aliphatic rings. The van der Waals surface area contributed by atoms with Crippen molar-refractivity contribution in [1.29, 1.82) is 0 Å². The van der Waals surface area contributed by atoms with Gasteiger partial charge in [-0.2, -0.15) is 0 Å². The van der Waals surface area contributed by atoms with E-state index in [0.29, 0.717) is 25.2 Å². The van der Waals surface area contributed by atoms with E-state index in [-0.39, 0.29) is 11.3 Å². The highest BCUT2D eigenvalue weighted by atomic mass is 16.1. The number of H-pyrrole nitrogens is 1. The molecule has 0 saturated heterocycles. The van der Waals surface area contributed by atoms with Gasteiger partial charge in [-0.25, -0.2) is 4.98 Å². The Morgan fingerprint density at radius 3 is 2.60 bits per heavy atom. The first kappa shape index (κ1) is 17.6. The van der Waals surface area contributed by atoms with Gasteiger partial charge in [-0.1, -0.05) is 45.0 Å². The predicted octanol–water partition coefficient (Wildman–Crippen LogP) is 4.23. The number of aliphatic imine (C=N–C) groups is 1. The van der Waals surface area contributed by atoms with Crippen LogP contribution in [0.1, 0.15) is 62.8 Å². The zero-order valence-corrected chi connectivity index (χ0v) is 15.4. The molecular weight excluding hydrogens is 310 g/mol. The third kappa shape index (κ3) is 4.65. The topological polar surface area (TPSA) is 58.1 Å². The number of imidazole rings is 1. The lowest BCUT2D eigenvalue weighted by atomic mass is 9.80. The molecule has 1 atom stereocenters. The molecule has 0 amide bonds. The van der Waals surface area contributed by atoms with Crippen LogP contribution in [0.5, 0.6) is 0 Å². The maximum Gasteiger partial charge on any atom is 0.139 e. The van der Waals surface area contributed by atoms with Gasteiger partial charge in [0.05, 0.1) is 6.33 Å². The number of hydrogen-bond donors (Lipinski definition) is 1. The molecule has 0 bridgehead atoms. The minimum absolute atomic E-state index is 0.153. The Labute approximate surface area is 149 Å². The van der Waals surface area contributed by atoms with Crippen molar-refractivity contribution in [3.63, 3.8) is 0 Å². The van der Waals surface area contributed by atoms with E-state index in [2.05, 4.69) is 60.0 Å². The first-order valence-corrected chi connectivity index (χ1v) is 9.03. The van der Waals surface area contributed by atoms with Crippen molar-refractivity contribution in [3.05, 3.63) is 53.6 Å². The molecule has 0 spiro atoms. The molecule has 1 aromatic heterocycles. The molecule has 25 heavy (non-hydrogen) atoms. The number of hydrogen-bond acceptors (Lipinski definition) is 3. The highest BCUT2D eigenvalue weighted by molar-refractivity contribution is 6.05. The zero-order valence-electron chi connectivity index (χ0n) is 15.4. The van der Waals surface area contributed by atoms with E-state index in [9.17, 15) is 4.79 Å². The molecule has 1 N–H and O–H groups in total. The Morgan fingerprint density at radius 1 is 1.20 bits per heavy atom. The molecule has 0 aliphatic heterocycles. The van der Waals surface area contributed by atoms with E-state index in [1.54, 1.807) is 6.33 Å². The maximum atomic E-state index is 12.2. The first-order chi connectivity index (χ1) is 11.9. The van der Waals surface area contributed by atoms with E-state index in [4.69, 9.17) is 0 Å². The molecule has 0 unspecified atom stereocenters. The van der Waals surface area contributed by atoms with Crippen LogP contribution in [0, 0.1) is 0 Å². The highest BCUT2D eigenvalue weighted by Gasteiger charge is 2.25. The standard InChI is InChI=1S/C21H27N3O/c1-21(2,3)17-6-4-15(5-7-17)16-10-19(12-20(25)11-16)23-9-8-18-13-22-14-24-18/h4-7,13-14,16H,8-12H2,1-3H3,(H,22,24)/t16-/m0/s1. The Kier molecular flexibility index (Phi) is 5.16. The third-order valence-electron chi connectivity index (χ3n) is 4.88. The third-order valence-corrected chi connectivity index (χ3v) is 4.88. The second kappa shape index (κ2) is 7.34. The van der Waals surface area contributed by atoms with E-state index in [0.717, 1.165) is 24.2 Å². The summed E-state index contributed by atoms with van der Waals surface area (Å²) in [4.78, 5) is 24.0. The van der Waals surface area contributed by atoms with E-state index >= 15 is 0 Å². The largest absolute Gasteiger partial charge is 0.348 e. The van der Waals surface area contributed by atoms with Crippen LogP contribution in [0.2, 0.25) is 0 Å². The van der Waals surface area contributed by atoms with Gasteiger partial charge in [0, 0.05) is 43.4 Å². The highest BCUT2D eigenvalue weighted by Crippen LogP contribution is 2.31. The van der Waals surface area contributed by atoms with E-state index < -0.39 is 0 Å². The van der Waals surface area contributed by atoms with Gasteiger partial charge in [-0.05, 0) is 28.9 Å². The van der Waals surface area contributed by atoms with Crippen LogP contribution in [0.15, 0.2) is 41.8 Å². The molecule has 2 aromatic rings. The fraction of sp³-hybridized carbons (Fsp3) is 0.476. The molecule has 4 nitrogen and oxygen atoms in total. The summed E-state index contributed by atoms with van der Waals surface area (Å²) in [7, 11) is 0. The Morgan fingerprint density at radius 2 is 1.96 bits per heavy atom. The molecular formula is C21H27N3O. The van der Waals surface area contributed by atoms with E-state index in [1.165, 1.54) is 11.1 Å². The lowest BCUT2D eigenvalue weighted by molar-refractivity contribution is -0.118. The normalized spacial score (nSPS) is 20.2. The monoisotopic (exact) mass is 337 g/mol. The number of carbonyl (C=O) groups excluding carboxylic acids is 1. The number of ketones is 1. The van der Waals surface area contributed by atoms with Gasteiger partial charge in [0.25, 0.3) is 0 Å². The molecule has 1 aliphatic carbocycles. The number of carbonyl (C=O) groups is 1. The predicted molar refractivity (Wildman–Crippen MR) is 101 cm³/mol. The number of nitrogens with zero attached hydrogens (tertiary/aromatic N) is 2. The number of rotatable bonds is 4. The Bertz CT molecular complexity index is 736. The summed E-state index contributed by atoms with van der Waals surface area (Å²) >= 11 is 0. The van der Waals surface area contributed by atoms with Crippen LogP contribution in [0.3, 0.4) is 0 Å². The van der Waals surface area contributed by atoms with Crippen molar-refractivity contribution >= 4 is 11.5 Å². The second-order valence-corrected chi connectivity index (χ2v) is 7.97. The second-order valence-electron chi connectivity index (χ2n) is 7.97. The summed E-state index contributed by atoms with van der Waals surface area (Å²) in [5.41, 5.74) is 4.86.